The third-order valence-electron chi connectivity index (χ3n) is 24.3. The van der Waals surface area contributed by atoms with Gasteiger partial charge in [-0.2, -0.15) is 0 Å². The van der Waals surface area contributed by atoms with Gasteiger partial charge in [-0.05, 0) is 119 Å². The summed E-state index contributed by atoms with van der Waals surface area (Å²) in [7, 11) is 3.15. The number of aliphatic hydroxyl groups is 1. The van der Waals surface area contributed by atoms with Gasteiger partial charge in [0.25, 0.3) is 0 Å². The maximum absolute atomic E-state index is 16.3. The second-order valence-corrected chi connectivity index (χ2v) is 38.2. The molecule has 740 valence electrons. The van der Waals surface area contributed by atoms with E-state index in [0.29, 0.717) is 41.6 Å². The lowest BCUT2D eigenvalue weighted by Gasteiger charge is -2.33. The van der Waals surface area contributed by atoms with Crippen LogP contribution < -0.4 is 75.3 Å². The molecule has 15 atom stereocenters. The predicted molar refractivity (Wildman–Crippen MR) is 512 cm³/mol. The number of Topliss-reactive ketones (excluding diaryl/α,β-unsaturated/α-hetero) is 1. The summed E-state index contributed by atoms with van der Waals surface area (Å²) >= 11 is 0. The molecule has 1 unspecified atom stereocenters. The van der Waals surface area contributed by atoms with E-state index in [4.69, 9.17) is 16.2 Å². The number of hydrogen-bond acceptors (Lipinski definition) is 22. The van der Waals surface area contributed by atoms with Gasteiger partial charge in [-0.15, -0.1) is 0 Å². The quantitative estimate of drug-likeness (QED) is 0.0123. The van der Waals surface area contributed by atoms with Crippen LogP contribution in [0.5, 0.6) is 0 Å². The number of carboxylic acid groups (broad SMARTS) is 1. The van der Waals surface area contributed by atoms with E-state index in [0.717, 1.165) is 54.4 Å². The summed E-state index contributed by atoms with van der Waals surface area (Å²) in [6.45, 7) is 10.8. The molecule has 0 spiro atoms. The molecule has 35 nitrogen and oxygen atoms in total. The number of aliphatic hydroxyl groups excluding tert-OH is 1. The molecule has 1 saturated carbocycles. The average Bonchev–Trinajstić information content (AvgIpc) is 1.41. The number of H-pyrrole nitrogens is 1. The number of carbonyl (C=O) groups excluding carboxylic acids is 15. The number of esters is 1. The first-order valence-electron chi connectivity index (χ1n) is 47.8. The van der Waals surface area contributed by atoms with Crippen LogP contribution in [0.3, 0.4) is 0 Å². The summed E-state index contributed by atoms with van der Waals surface area (Å²) in [5.74, 6) is -17.3. The fourth-order valence-corrected chi connectivity index (χ4v) is 18.8. The zero-order chi connectivity index (χ0) is 97.9. The molecule has 0 bridgehead atoms. The molecule has 134 heavy (non-hydrogen) atoms. The van der Waals surface area contributed by atoms with Crippen LogP contribution in [-0.4, -0.2) is 219 Å². The van der Waals surface area contributed by atoms with Crippen molar-refractivity contribution in [1.82, 2.24) is 73.8 Å². The zero-order valence-corrected chi connectivity index (χ0v) is 80.5. The fraction of sp³-hybridized carbons (Fsp3) is 0.619. The van der Waals surface area contributed by atoms with E-state index in [1.807, 2.05) is 0 Å². The summed E-state index contributed by atoms with van der Waals surface area (Å²) in [6, 6.07) is 10.8. The van der Waals surface area contributed by atoms with Crippen LogP contribution in [-0.2, 0) is 94.3 Å². The zero-order valence-electron chi connectivity index (χ0n) is 78.8. The third-order valence-corrected chi connectivity index (χ3v) is 26.7. The number of carbonyl (C=O) groups is 16. The Morgan fingerprint density at radius 3 is 1.72 bits per heavy atom. The molecule has 3 aromatic carbocycles. The largest absolute Gasteiger partial charge is 0.480 e. The van der Waals surface area contributed by atoms with Gasteiger partial charge < -0.3 is 95.2 Å². The standard InChI is InChI=1S/C97H146N16O19S2/c1-8-10-11-12-13-14-15-16-17-18-19-20-30-46-79(116)106-74(97(130)131)47-49-78(115)101-52-34-32-45-72-90(123)103-67(54-64-36-24-21-25-37-64)56-81(118)104-71(44-31-33-51-98)91(124)109-76(88(99)121)58-133-134-59-77(94(127)111-84(62(5)9-2)95(128)107-72)110-89(122)70-43-35-42-69(70)87(120)86(83(65-38-26-22-27-39-65)66-40-28-23-29-41-66)113-93(126)75(55-68-57-100-60-102-68)108-96(129)85(63(6)114)112-92(125)73(48-50-82(119)132-7)105-80(117)53-61(3)4/h21-29,36-41,57,60-63,67,69-77,83-86,114H,8-20,30-35,42-56,58-59,98H2,1-7H3,(H2,99,121)(H,100,102)(H,101,115)(H,103,123)(H,104,118)(H,105,117)(H,106,116)(H,107,128)(H,108,129)(H,109,124)(H,110,122)(H,111,127)(H,112,125)(H,113,126)(H,130,131)/t62-,63+,67-,69?,70+,71+,72-,73-,74-,75-,76-,77-,84-,85-,86-/m0/s1. The first-order chi connectivity index (χ1) is 64.3. The molecule has 4 aromatic rings. The molecule has 37 heteroatoms. The number of rotatable bonds is 55. The number of nitrogens with zero attached hydrogens (tertiary/aromatic N) is 1. The third kappa shape index (κ3) is 40.8. The molecule has 13 amide bonds. The fourth-order valence-electron chi connectivity index (χ4n) is 16.5. The minimum Gasteiger partial charge on any atom is -0.480 e. The number of unbranched alkanes of at least 4 members (excludes halogenated alkanes) is 14. The number of amides is 13. The number of benzene rings is 3. The van der Waals surface area contributed by atoms with Crippen molar-refractivity contribution in [3.05, 3.63) is 126 Å². The number of aliphatic carboxylic acids is 1. The maximum atomic E-state index is 16.3. The highest BCUT2D eigenvalue weighted by Crippen LogP contribution is 2.39. The number of aromatic amines is 1. The van der Waals surface area contributed by atoms with Crippen LogP contribution in [0.25, 0.3) is 0 Å². The maximum Gasteiger partial charge on any atom is 0.326 e. The van der Waals surface area contributed by atoms with Gasteiger partial charge >= 0.3 is 11.9 Å². The summed E-state index contributed by atoms with van der Waals surface area (Å²) < 4.78 is 4.79. The van der Waals surface area contributed by atoms with Gasteiger partial charge in [-0.25, -0.2) is 9.78 Å². The van der Waals surface area contributed by atoms with Gasteiger partial charge in [0.05, 0.1) is 25.6 Å². The van der Waals surface area contributed by atoms with Crippen molar-refractivity contribution in [1.29, 1.82) is 0 Å². The Balaban J connectivity index is 1.30. The van der Waals surface area contributed by atoms with E-state index >= 15 is 28.8 Å². The summed E-state index contributed by atoms with van der Waals surface area (Å²) in [6.07, 6.45) is 16.2. The highest BCUT2D eigenvalue weighted by atomic mass is 33.1. The minimum absolute atomic E-state index is 0.00682. The number of imidazole rings is 1. The summed E-state index contributed by atoms with van der Waals surface area (Å²) in [5, 5.41) is 54.5. The molecule has 1 aromatic heterocycles. The van der Waals surface area contributed by atoms with Crippen LogP contribution in [0.4, 0.5) is 0 Å². The van der Waals surface area contributed by atoms with Gasteiger partial charge in [0.15, 0.2) is 5.78 Å². The van der Waals surface area contributed by atoms with Crippen molar-refractivity contribution in [3.63, 3.8) is 0 Å². The Morgan fingerprint density at radius 1 is 0.567 bits per heavy atom. The Bertz CT molecular complexity index is 4310. The monoisotopic (exact) mass is 1900 g/mol. The SMILES string of the molecule is CCCCCCCCCCCCCCCC(=O)N[C@@H](CCC(=O)NCCCC[C@@H]1NC(=O)[C@H]([C@@H](C)CC)NC(=O)[C@@H](NC(=O)[C@@H]2CCCC2C(=O)[C@@H](NC(=O)[C@H](Cc2cnc[nH]2)NC(=O)[C@@H](NC(=O)[C@H](CCC(=O)OC)NC(=O)CC(C)C)[C@@H](C)O)C(c2ccccc2)c2ccccc2)CSSC[C@@H](C(N)=O)NC(=O)[C@@H](CCCCN)NC(=O)C[C@H](Cc2ccccc2)NC1=O)C(=O)O. The van der Waals surface area contributed by atoms with Crippen molar-refractivity contribution in [2.24, 2.45) is 35.1 Å². The molecule has 2 aliphatic rings. The minimum atomic E-state index is -1.79. The number of carboxylic acids is 1. The topological polar surface area (TPSA) is 548 Å². The molecular formula is C97H146N16O19S2. The molecule has 6 rings (SSSR count). The van der Waals surface area contributed by atoms with E-state index < -0.39 is 191 Å². The van der Waals surface area contributed by atoms with Crippen LogP contribution >= 0.6 is 21.6 Å². The molecule has 2 fully saturated rings. The van der Waals surface area contributed by atoms with Gasteiger partial charge in [0.2, 0.25) is 76.8 Å². The predicted octanol–water partition coefficient (Wildman–Crippen LogP) is 6.80. The summed E-state index contributed by atoms with van der Waals surface area (Å²) in [4.78, 5) is 236. The Morgan fingerprint density at radius 2 is 1.13 bits per heavy atom. The van der Waals surface area contributed by atoms with Gasteiger partial charge in [-0.3, -0.25) is 71.9 Å². The van der Waals surface area contributed by atoms with E-state index in [1.165, 1.54) is 70.8 Å². The van der Waals surface area contributed by atoms with Crippen molar-refractivity contribution >= 4 is 116 Å². The Labute approximate surface area is 795 Å². The molecule has 2 heterocycles. The highest BCUT2D eigenvalue weighted by Gasteiger charge is 2.46. The lowest BCUT2D eigenvalue weighted by atomic mass is 9.77. The van der Waals surface area contributed by atoms with E-state index in [9.17, 15) is 58.2 Å². The van der Waals surface area contributed by atoms with Gasteiger partial charge in [0, 0.05) is 92.3 Å². The molecule has 1 saturated heterocycles. The smallest absolute Gasteiger partial charge is 0.326 e. The molecule has 19 N–H and O–H groups in total. The van der Waals surface area contributed by atoms with Crippen molar-refractivity contribution in [2.75, 3.05) is 31.7 Å². The number of nitrogens with two attached hydrogens (primary N) is 2. The van der Waals surface area contributed by atoms with Crippen molar-refractivity contribution < 1.29 is 91.7 Å². The molecule has 1 aliphatic heterocycles. The summed E-state index contributed by atoms with van der Waals surface area (Å²) in [5.41, 5.74) is 14.0. The van der Waals surface area contributed by atoms with Crippen LogP contribution in [0, 0.1) is 23.7 Å². The number of hydrogen-bond donors (Lipinski definition) is 17. The normalized spacial score (nSPS) is 19.8. The second kappa shape index (κ2) is 62.0. The van der Waals surface area contributed by atoms with Crippen LogP contribution in [0.15, 0.2) is 104 Å². The highest BCUT2D eigenvalue weighted by molar-refractivity contribution is 8.76. The lowest BCUT2D eigenvalue weighted by molar-refractivity contribution is -0.142. The average molecular weight is 1900 g/mol. The van der Waals surface area contributed by atoms with Crippen LogP contribution in [0.1, 0.15) is 262 Å². The number of ether oxygens (including phenoxy) is 1. The Kier molecular flexibility index (Phi) is 51.8. The van der Waals surface area contributed by atoms with Gasteiger partial charge in [-0.1, -0.05) is 237 Å². The lowest BCUT2D eigenvalue weighted by Crippen LogP contribution is -2.61. The van der Waals surface area contributed by atoms with E-state index in [1.54, 1.807) is 119 Å². The number of ketones is 1. The second-order valence-electron chi connectivity index (χ2n) is 35.6. The number of methoxy groups -OCH3 is 1. The number of aromatic nitrogens is 2. The van der Waals surface area contributed by atoms with Crippen molar-refractivity contribution in [2.45, 2.75) is 325 Å². The first-order valence-corrected chi connectivity index (χ1v) is 50.3. The molecule has 1 aliphatic carbocycles. The molecular weight excluding hydrogens is 1760 g/mol. The van der Waals surface area contributed by atoms with Gasteiger partial charge in [0.1, 0.15) is 54.4 Å². The Hall–Kier alpha value is -10.8. The van der Waals surface area contributed by atoms with Crippen molar-refractivity contribution in [3.8, 4) is 0 Å². The number of primary amides is 1. The molecule has 0 radical (unpaired) electrons. The van der Waals surface area contributed by atoms with Crippen LogP contribution in [0.2, 0.25) is 0 Å². The number of nitrogens with one attached hydrogen (secondary N) is 13. The van der Waals surface area contributed by atoms with E-state index in [2.05, 4.69) is 80.7 Å². The van der Waals surface area contributed by atoms with E-state index in [-0.39, 0.29) is 140 Å². The first kappa shape index (κ1) is 112.